The van der Waals surface area contributed by atoms with Crippen molar-refractivity contribution in [1.82, 2.24) is 24.9 Å². The number of carbonyl (C=O) groups excluding carboxylic acids is 1. The van der Waals surface area contributed by atoms with E-state index in [2.05, 4.69) is 31.4 Å². The summed E-state index contributed by atoms with van der Waals surface area (Å²) in [6.45, 7) is 6.77. The summed E-state index contributed by atoms with van der Waals surface area (Å²) in [6.07, 6.45) is 3.23. The monoisotopic (exact) mass is 450 g/mol. The number of carbonyl (C=O) groups is 1. The van der Waals surface area contributed by atoms with Crippen LogP contribution < -0.4 is 5.32 Å². The summed E-state index contributed by atoms with van der Waals surface area (Å²) in [5, 5.41) is 21.9. The highest BCUT2D eigenvalue weighted by molar-refractivity contribution is 9.10. The number of rotatable bonds is 7. The predicted molar refractivity (Wildman–Crippen MR) is 103 cm³/mol. The highest BCUT2D eigenvalue weighted by Gasteiger charge is 2.21. The molecule has 0 bridgehead atoms. The van der Waals surface area contributed by atoms with Crippen LogP contribution in [-0.4, -0.2) is 30.4 Å². The summed E-state index contributed by atoms with van der Waals surface area (Å²) in [7, 11) is 0. The number of amides is 1. The predicted octanol–water partition coefficient (Wildman–Crippen LogP) is 3.21. The molecule has 0 spiro atoms. The van der Waals surface area contributed by atoms with E-state index < -0.39 is 4.92 Å². The highest BCUT2D eigenvalue weighted by atomic mass is 79.9. The molecule has 0 saturated carbocycles. The number of halogens is 1. The lowest BCUT2D eigenvalue weighted by molar-refractivity contribution is -0.390. The van der Waals surface area contributed by atoms with Crippen LogP contribution in [0.3, 0.4) is 0 Å². The minimum atomic E-state index is -0.578. The van der Waals surface area contributed by atoms with Gasteiger partial charge in [0.25, 0.3) is 5.91 Å². The zero-order valence-electron chi connectivity index (χ0n) is 15.5. The van der Waals surface area contributed by atoms with E-state index in [1.54, 1.807) is 18.3 Å². The molecule has 148 valence electrons. The number of aromatic nitrogens is 4. The Morgan fingerprint density at radius 1 is 1.46 bits per heavy atom. The molecule has 3 rings (SSSR count). The third-order valence-corrected chi connectivity index (χ3v) is 4.89. The molecule has 1 amide bonds. The van der Waals surface area contributed by atoms with Gasteiger partial charge in [0.1, 0.15) is 16.8 Å². The molecule has 28 heavy (non-hydrogen) atoms. The van der Waals surface area contributed by atoms with E-state index in [0.29, 0.717) is 5.76 Å². The van der Waals surface area contributed by atoms with Crippen LogP contribution in [0.2, 0.25) is 0 Å². The number of furan rings is 1. The van der Waals surface area contributed by atoms with Crippen molar-refractivity contribution in [2.24, 2.45) is 0 Å². The van der Waals surface area contributed by atoms with Gasteiger partial charge in [-0.3, -0.25) is 9.48 Å². The molecule has 0 aliphatic rings. The van der Waals surface area contributed by atoms with Crippen molar-refractivity contribution in [3.8, 4) is 0 Å². The molecular weight excluding hydrogens is 432 g/mol. The molecule has 1 N–H and O–H groups in total. The lowest BCUT2D eigenvalue weighted by atomic mass is 10.1. The number of nitro groups is 1. The molecule has 1 unspecified atom stereocenters. The molecule has 0 fully saturated rings. The number of hydrogen-bond acceptors (Lipinski definition) is 6. The maximum absolute atomic E-state index is 12.5. The van der Waals surface area contributed by atoms with Crippen LogP contribution in [0.15, 0.2) is 33.4 Å². The van der Waals surface area contributed by atoms with Crippen LogP contribution in [-0.2, 0) is 13.1 Å². The van der Waals surface area contributed by atoms with E-state index in [1.165, 1.54) is 10.9 Å². The van der Waals surface area contributed by atoms with Crippen molar-refractivity contribution in [1.29, 1.82) is 0 Å². The van der Waals surface area contributed by atoms with Gasteiger partial charge in [-0.1, -0.05) is 0 Å². The largest absolute Gasteiger partial charge is 0.454 e. The first kappa shape index (κ1) is 19.8. The fourth-order valence-electron chi connectivity index (χ4n) is 2.89. The van der Waals surface area contributed by atoms with Crippen LogP contribution in [0.25, 0.3) is 0 Å². The highest BCUT2D eigenvalue weighted by Crippen LogP contribution is 2.23. The molecule has 1 atom stereocenters. The van der Waals surface area contributed by atoms with E-state index >= 15 is 0 Å². The van der Waals surface area contributed by atoms with Crippen LogP contribution in [0.5, 0.6) is 0 Å². The first-order valence-electron chi connectivity index (χ1n) is 8.59. The summed E-state index contributed by atoms with van der Waals surface area (Å²) < 4.78 is 9.08. The summed E-state index contributed by atoms with van der Waals surface area (Å²) in [6, 6.07) is 2.97. The van der Waals surface area contributed by atoms with Crippen molar-refractivity contribution in [2.75, 3.05) is 0 Å². The number of nitrogens with zero attached hydrogens (tertiary/aromatic N) is 5. The van der Waals surface area contributed by atoms with Crippen LogP contribution in [0.4, 0.5) is 5.82 Å². The molecule has 11 heteroatoms. The van der Waals surface area contributed by atoms with E-state index in [9.17, 15) is 14.9 Å². The van der Waals surface area contributed by atoms with Gasteiger partial charge in [0.15, 0.2) is 5.76 Å². The maximum Gasteiger partial charge on any atom is 0.404 e. The first-order chi connectivity index (χ1) is 13.3. The van der Waals surface area contributed by atoms with Crippen molar-refractivity contribution < 1.29 is 14.1 Å². The van der Waals surface area contributed by atoms with Crippen molar-refractivity contribution in [3.05, 3.63) is 61.9 Å². The van der Waals surface area contributed by atoms with Crippen LogP contribution >= 0.6 is 15.9 Å². The van der Waals surface area contributed by atoms with Crippen molar-refractivity contribution in [2.45, 2.75) is 39.9 Å². The standard InChI is InChI=1S/C17H19BrN6O4/c1-4-23-11(3)13(7-19-23)10(2)20-17(25)15-6-5-12(28-15)8-22-9-14(18)16(21-22)24(26)27/h5-7,9-10H,4,8H2,1-3H3,(H,20,25). The Labute approximate surface area is 168 Å². The summed E-state index contributed by atoms with van der Waals surface area (Å²) >= 11 is 3.09. The van der Waals surface area contributed by atoms with Crippen LogP contribution in [0.1, 0.15) is 47.5 Å². The van der Waals surface area contributed by atoms with E-state index in [0.717, 1.165) is 17.8 Å². The fourth-order valence-corrected chi connectivity index (χ4v) is 3.35. The quantitative estimate of drug-likeness (QED) is 0.435. The number of aryl methyl sites for hydroxylation is 1. The van der Waals surface area contributed by atoms with E-state index in [4.69, 9.17) is 4.42 Å². The molecule has 3 heterocycles. The third-order valence-electron chi connectivity index (χ3n) is 4.33. The van der Waals surface area contributed by atoms with Gasteiger partial charge in [-0.25, -0.2) is 0 Å². The number of nitrogens with one attached hydrogen (secondary N) is 1. The molecule has 3 aromatic rings. The Morgan fingerprint density at radius 3 is 2.82 bits per heavy atom. The fraction of sp³-hybridized carbons (Fsp3) is 0.353. The van der Waals surface area contributed by atoms with Crippen molar-refractivity contribution >= 4 is 27.7 Å². The zero-order valence-corrected chi connectivity index (χ0v) is 17.1. The number of hydrogen-bond donors (Lipinski definition) is 1. The minimum absolute atomic E-state index is 0.156. The molecule has 0 aliphatic heterocycles. The minimum Gasteiger partial charge on any atom is -0.454 e. The second-order valence-corrected chi connectivity index (χ2v) is 7.07. The Kier molecular flexibility index (Phi) is 5.63. The lowest BCUT2D eigenvalue weighted by Gasteiger charge is -2.13. The van der Waals surface area contributed by atoms with Gasteiger partial charge in [-0.05, 0) is 53.8 Å². The lowest BCUT2D eigenvalue weighted by Crippen LogP contribution is -2.26. The second-order valence-electron chi connectivity index (χ2n) is 6.22. The van der Waals surface area contributed by atoms with E-state index in [-0.39, 0.29) is 34.5 Å². The second kappa shape index (κ2) is 7.97. The molecule has 0 aliphatic carbocycles. The van der Waals surface area contributed by atoms with Gasteiger partial charge in [-0.15, -0.1) is 0 Å². The van der Waals surface area contributed by atoms with Crippen molar-refractivity contribution in [3.63, 3.8) is 0 Å². The van der Waals surface area contributed by atoms with Gasteiger partial charge in [0.05, 0.1) is 23.5 Å². The summed E-state index contributed by atoms with van der Waals surface area (Å²) in [5.41, 5.74) is 1.94. The normalized spacial score (nSPS) is 12.1. The van der Waals surface area contributed by atoms with E-state index in [1.807, 2.05) is 25.5 Å². The Morgan fingerprint density at radius 2 is 2.21 bits per heavy atom. The average Bonchev–Trinajstić information content (AvgIpc) is 3.34. The average molecular weight is 451 g/mol. The van der Waals surface area contributed by atoms with Gasteiger partial charge in [0, 0.05) is 17.8 Å². The molecule has 3 aromatic heterocycles. The molecular formula is C17H19BrN6O4. The SMILES string of the molecule is CCn1ncc(C(C)NC(=O)c2ccc(Cn3cc(Br)c([N+](=O)[O-])n3)o2)c1C. The molecule has 0 aromatic carbocycles. The zero-order chi connectivity index (χ0) is 20.4. The molecule has 0 radical (unpaired) electrons. The van der Waals surface area contributed by atoms with Gasteiger partial charge >= 0.3 is 5.82 Å². The third kappa shape index (κ3) is 3.98. The smallest absolute Gasteiger partial charge is 0.404 e. The maximum atomic E-state index is 12.5. The van der Waals surface area contributed by atoms with Crippen LogP contribution in [0, 0.1) is 17.0 Å². The summed E-state index contributed by atoms with van der Waals surface area (Å²) in [5.74, 6) is -0.0165. The Balaban J connectivity index is 1.67. The first-order valence-corrected chi connectivity index (χ1v) is 9.38. The van der Waals surface area contributed by atoms with Gasteiger partial charge in [-0.2, -0.15) is 9.78 Å². The Bertz CT molecular complexity index is 1020. The molecule has 0 saturated heterocycles. The summed E-state index contributed by atoms with van der Waals surface area (Å²) in [4.78, 5) is 22.8. The topological polar surface area (TPSA) is 121 Å². The van der Waals surface area contributed by atoms with Gasteiger partial charge < -0.3 is 19.8 Å². The Hall–Kier alpha value is -2.95. The molecule has 10 nitrogen and oxygen atoms in total. The van der Waals surface area contributed by atoms with Gasteiger partial charge in [0.2, 0.25) is 0 Å².